The summed E-state index contributed by atoms with van der Waals surface area (Å²) < 4.78 is 1.05. The van der Waals surface area contributed by atoms with Crippen LogP contribution in [-0.2, 0) is 0 Å². The van der Waals surface area contributed by atoms with Gasteiger partial charge in [0.25, 0.3) is 0 Å². The van der Waals surface area contributed by atoms with E-state index in [4.69, 9.17) is 0 Å². The van der Waals surface area contributed by atoms with Gasteiger partial charge in [0.1, 0.15) is 0 Å². The predicted molar refractivity (Wildman–Crippen MR) is 45.9 cm³/mol. The highest BCUT2D eigenvalue weighted by Gasteiger charge is 1.91. The standard InChI is InChI=1S/C8H5NOS/c10-6-1-2-8-7(9-5-6)3-4-11-8/h1-5H. The Hall–Kier alpha value is -1.22. The molecule has 0 aliphatic rings. The van der Waals surface area contributed by atoms with Gasteiger partial charge in [-0.1, -0.05) is 0 Å². The Balaban J connectivity index is 2.96. The number of nitrogens with zero attached hydrogens (tertiary/aromatic N) is 1. The van der Waals surface area contributed by atoms with Crippen LogP contribution >= 0.6 is 11.3 Å². The molecular formula is C8H5NOS. The van der Waals surface area contributed by atoms with E-state index in [-0.39, 0.29) is 5.43 Å². The van der Waals surface area contributed by atoms with Crippen molar-refractivity contribution in [3.8, 4) is 0 Å². The van der Waals surface area contributed by atoms with Gasteiger partial charge in [-0.3, -0.25) is 9.78 Å². The van der Waals surface area contributed by atoms with E-state index in [2.05, 4.69) is 4.98 Å². The molecule has 0 radical (unpaired) electrons. The molecule has 0 saturated carbocycles. The maximum Gasteiger partial charge on any atom is 0.196 e. The number of rotatable bonds is 0. The number of thiophene rings is 1. The monoisotopic (exact) mass is 163 g/mol. The van der Waals surface area contributed by atoms with E-state index in [0.29, 0.717) is 0 Å². The molecule has 0 atom stereocenters. The van der Waals surface area contributed by atoms with E-state index in [0.717, 1.165) is 10.2 Å². The molecule has 0 bridgehead atoms. The third kappa shape index (κ3) is 1.14. The Morgan fingerprint density at radius 1 is 1.27 bits per heavy atom. The van der Waals surface area contributed by atoms with Crippen LogP contribution in [0.15, 0.2) is 34.6 Å². The van der Waals surface area contributed by atoms with Crippen LogP contribution < -0.4 is 5.43 Å². The maximum atomic E-state index is 10.8. The number of aromatic nitrogens is 1. The zero-order valence-electron chi connectivity index (χ0n) is 5.65. The van der Waals surface area contributed by atoms with E-state index in [9.17, 15) is 4.79 Å². The van der Waals surface area contributed by atoms with Gasteiger partial charge in [0, 0.05) is 0 Å². The van der Waals surface area contributed by atoms with Gasteiger partial charge in [-0.15, -0.1) is 11.3 Å². The Morgan fingerprint density at radius 3 is 3.09 bits per heavy atom. The summed E-state index contributed by atoms with van der Waals surface area (Å²) >= 11 is 1.59. The zero-order valence-corrected chi connectivity index (χ0v) is 6.47. The second-order valence-electron chi connectivity index (χ2n) is 2.16. The van der Waals surface area contributed by atoms with Crippen LogP contribution in [0.25, 0.3) is 10.2 Å². The predicted octanol–water partition coefficient (Wildman–Crippen LogP) is 1.66. The number of hydrogen-bond donors (Lipinski definition) is 0. The minimum atomic E-state index is -0.0478. The third-order valence-corrected chi connectivity index (χ3v) is 2.27. The average molecular weight is 163 g/mol. The second kappa shape index (κ2) is 2.43. The molecule has 11 heavy (non-hydrogen) atoms. The van der Waals surface area contributed by atoms with E-state index in [1.807, 2.05) is 11.4 Å². The maximum absolute atomic E-state index is 10.8. The van der Waals surface area contributed by atoms with E-state index in [1.54, 1.807) is 17.4 Å². The lowest BCUT2D eigenvalue weighted by molar-refractivity contribution is 1.41. The molecule has 2 aromatic heterocycles. The highest BCUT2D eigenvalue weighted by Crippen LogP contribution is 2.15. The molecule has 2 rings (SSSR count). The van der Waals surface area contributed by atoms with Gasteiger partial charge >= 0.3 is 0 Å². The van der Waals surface area contributed by atoms with Crippen molar-refractivity contribution in [2.24, 2.45) is 0 Å². The molecule has 0 aliphatic carbocycles. The van der Waals surface area contributed by atoms with Crippen LogP contribution in [0, 0.1) is 0 Å². The van der Waals surface area contributed by atoms with Gasteiger partial charge in [-0.25, -0.2) is 0 Å². The van der Waals surface area contributed by atoms with Crippen molar-refractivity contribution < 1.29 is 0 Å². The topological polar surface area (TPSA) is 30.0 Å². The molecule has 0 saturated heterocycles. The molecule has 0 aromatic carbocycles. The molecule has 54 valence electrons. The van der Waals surface area contributed by atoms with Crippen LogP contribution in [-0.4, -0.2) is 4.98 Å². The van der Waals surface area contributed by atoms with Gasteiger partial charge < -0.3 is 0 Å². The first-order valence-electron chi connectivity index (χ1n) is 3.20. The minimum absolute atomic E-state index is 0.0478. The van der Waals surface area contributed by atoms with Crippen molar-refractivity contribution in [1.82, 2.24) is 4.98 Å². The first-order chi connectivity index (χ1) is 5.36. The highest BCUT2D eigenvalue weighted by atomic mass is 32.1. The molecular weight excluding hydrogens is 158 g/mol. The van der Waals surface area contributed by atoms with Crippen LogP contribution in [0.5, 0.6) is 0 Å². The molecule has 0 amide bonds. The average Bonchev–Trinajstić information content (AvgIpc) is 2.38. The van der Waals surface area contributed by atoms with Crippen LogP contribution in [0.1, 0.15) is 0 Å². The minimum Gasteiger partial charge on any atom is -0.288 e. The zero-order chi connectivity index (χ0) is 7.68. The Labute approximate surface area is 67.1 Å². The molecule has 2 nitrogen and oxygen atoms in total. The second-order valence-corrected chi connectivity index (χ2v) is 3.11. The number of hydrogen-bond acceptors (Lipinski definition) is 3. The summed E-state index contributed by atoms with van der Waals surface area (Å²) in [7, 11) is 0. The fourth-order valence-electron chi connectivity index (χ4n) is 0.880. The third-order valence-electron chi connectivity index (χ3n) is 1.40. The first kappa shape index (κ1) is 6.49. The van der Waals surface area contributed by atoms with Crippen LogP contribution in [0.2, 0.25) is 0 Å². The quantitative estimate of drug-likeness (QED) is 0.591. The summed E-state index contributed by atoms with van der Waals surface area (Å²) in [5.41, 5.74) is 0.838. The summed E-state index contributed by atoms with van der Waals surface area (Å²) in [5, 5.41) is 1.96. The highest BCUT2D eigenvalue weighted by molar-refractivity contribution is 7.17. The van der Waals surface area contributed by atoms with Crippen molar-refractivity contribution in [3.63, 3.8) is 0 Å². The summed E-state index contributed by atoms with van der Waals surface area (Å²) in [4.78, 5) is 14.8. The number of fused-ring (bicyclic) bond motifs is 1. The lowest BCUT2D eigenvalue weighted by atomic mass is 10.4. The van der Waals surface area contributed by atoms with Crippen molar-refractivity contribution in [1.29, 1.82) is 0 Å². The normalized spacial score (nSPS) is 10.2. The van der Waals surface area contributed by atoms with E-state index in [1.165, 1.54) is 12.3 Å². The first-order valence-corrected chi connectivity index (χ1v) is 4.08. The Kier molecular flexibility index (Phi) is 1.43. The summed E-state index contributed by atoms with van der Waals surface area (Å²) in [6.45, 7) is 0. The Bertz CT molecular complexity index is 398. The van der Waals surface area contributed by atoms with E-state index < -0.39 is 0 Å². The van der Waals surface area contributed by atoms with Crippen molar-refractivity contribution in [2.75, 3.05) is 0 Å². The lowest BCUT2D eigenvalue weighted by Crippen LogP contribution is -1.89. The smallest absolute Gasteiger partial charge is 0.196 e. The fourth-order valence-corrected chi connectivity index (χ4v) is 1.61. The Morgan fingerprint density at radius 2 is 2.18 bits per heavy atom. The van der Waals surface area contributed by atoms with Gasteiger partial charge in [0.2, 0.25) is 0 Å². The summed E-state index contributed by atoms with van der Waals surface area (Å²) in [6, 6.07) is 5.24. The SMILES string of the molecule is O=c1ccc2sccc2nc1. The van der Waals surface area contributed by atoms with Gasteiger partial charge in [0.05, 0.1) is 16.4 Å². The molecule has 0 fully saturated rings. The molecule has 2 aromatic rings. The van der Waals surface area contributed by atoms with E-state index >= 15 is 0 Å². The molecule has 0 aliphatic heterocycles. The summed E-state index contributed by atoms with van der Waals surface area (Å²) in [6.07, 6.45) is 1.34. The van der Waals surface area contributed by atoms with Crippen LogP contribution in [0.4, 0.5) is 0 Å². The molecule has 0 N–H and O–H groups in total. The summed E-state index contributed by atoms with van der Waals surface area (Å²) in [5.74, 6) is 0. The van der Waals surface area contributed by atoms with Crippen molar-refractivity contribution in [2.45, 2.75) is 0 Å². The molecule has 3 heteroatoms. The lowest BCUT2D eigenvalue weighted by Gasteiger charge is -1.72. The fraction of sp³-hybridized carbons (Fsp3) is 0. The molecule has 2 heterocycles. The largest absolute Gasteiger partial charge is 0.288 e. The van der Waals surface area contributed by atoms with Gasteiger partial charge in [-0.2, -0.15) is 0 Å². The van der Waals surface area contributed by atoms with Crippen molar-refractivity contribution >= 4 is 21.6 Å². The van der Waals surface area contributed by atoms with Crippen molar-refractivity contribution in [3.05, 3.63) is 40.0 Å². The molecule has 0 unspecified atom stereocenters. The van der Waals surface area contributed by atoms with Crippen LogP contribution in [0.3, 0.4) is 0 Å². The molecule has 0 spiro atoms. The van der Waals surface area contributed by atoms with Gasteiger partial charge in [-0.05, 0) is 23.6 Å². The van der Waals surface area contributed by atoms with Gasteiger partial charge in [0.15, 0.2) is 5.43 Å².